The molecule has 6 heteroatoms. The van der Waals surface area contributed by atoms with E-state index in [-0.39, 0.29) is 5.56 Å². The van der Waals surface area contributed by atoms with E-state index in [0.29, 0.717) is 23.9 Å². The Bertz CT molecular complexity index is 459. The van der Waals surface area contributed by atoms with E-state index in [1.54, 1.807) is 0 Å². The lowest BCUT2D eigenvalue weighted by molar-refractivity contribution is 0.275. The molecule has 3 rings (SSSR count). The molecule has 17 heavy (non-hydrogen) atoms. The van der Waals surface area contributed by atoms with Gasteiger partial charge in [0.05, 0.1) is 0 Å². The fraction of sp³-hybridized carbons (Fsp3) is 0.727. The lowest BCUT2D eigenvalue weighted by atomic mass is 9.76. The number of rotatable bonds is 1. The second-order valence-corrected chi connectivity index (χ2v) is 5.08. The number of nitrogens with one attached hydrogen (secondary N) is 3. The van der Waals surface area contributed by atoms with Crippen LogP contribution in [0.25, 0.3) is 0 Å². The molecule has 0 spiro atoms. The Morgan fingerprint density at radius 3 is 3.06 bits per heavy atom. The summed E-state index contributed by atoms with van der Waals surface area (Å²) in [6.45, 7) is 2.19. The van der Waals surface area contributed by atoms with Crippen molar-refractivity contribution in [3.8, 4) is 0 Å². The maximum atomic E-state index is 11.2. The normalized spacial score (nSPS) is 36.8. The Balaban J connectivity index is 1.80. The fourth-order valence-electron chi connectivity index (χ4n) is 3.04. The molecule has 4 unspecified atom stereocenters. The molecule has 92 valence electrons. The van der Waals surface area contributed by atoms with Gasteiger partial charge in [-0.3, -0.25) is 15.6 Å². The molecule has 4 atom stereocenters. The average molecular weight is 235 g/mol. The van der Waals surface area contributed by atoms with Crippen molar-refractivity contribution in [1.29, 1.82) is 0 Å². The molecule has 2 heterocycles. The largest absolute Gasteiger partial charge is 0.307 e. The highest BCUT2D eigenvalue weighted by Crippen LogP contribution is 2.37. The van der Waals surface area contributed by atoms with Crippen molar-refractivity contribution in [1.82, 2.24) is 26.0 Å². The number of aromatic amines is 1. The van der Waals surface area contributed by atoms with Gasteiger partial charge in [-0.1, -0.05) is 0 Å². The van der Waals surface area contributed by atoms with Gasteiger partial charge in [0.2, 0.25) is 0 Å². The van der Waals surface area contributed by atoms with Crippen LogP contribution in [0.2, 0.25) is 0 Å². The van der Waals surface area contributed by atoms with E-state index in [2.05, 4.69) is 33.0 Å². The number of aromatic nitrogens is 3. The highest BCUT2D eigenvalue weighted by molar-refractivity contribution is 5.03. The predicted molar refractivity (Wildman–Crippen MR) is 62.3 cm³/mol. The fourth-order valence-corrected chi connectivity index (χ4v) is 3.04. The first-order valence-corrected chi connectivity index (χ1v) is 6.17. The topological polar surface area (TPSA) is 82.7 Å². The summed E-state index contributed by atoms with van der Waals surface area (Å²) in [6, 6.07) is 1.04. The molecule has 1 saturated heterocycles. The van der Waals surface area contributed by atoms with Crippen LogP contribution in [-0.4, -0.2) is 27.3 Å². The molecular weight excluding hydrogens is 218 g/mol. The van der Waals surface area contributed by atoms with E-state index in [9.17, 15) is 4.79 Å². The van der Waals surface area contributed by atoms with Gasteiger partial charge in [0.25, 0.3) is 5.56 Å². The summed E-state index contributed by atoms with van der Waals surface area (Å²) in [5, 5.41) is 7.80. The van der Waals surface area contributed by atoms with Crippen LogP contribution in [0.15, 0.2) is 11.0 Å². The number of hydrogen-bond donors (Lipinski definition) is 3. The Hall–Kier alpha value is -1.27. The minimum Gasteiger partial charge on any atom is -0.307 e. The van der Waals surface area contributed by atoms with Gasteiger partial charge >= 0.3 is 0 Å². The summed E-state index contributed by atoms with van der Waals surface area (Å²) in [4.78, 5) is 14.0. The summed E-state index contributed by atoms with van der Waals surface area (Å²) >= 11 is 0. The van der Waals surface area contributed by atoms with Crippen LogP contribution < -0.4 is 16.4 Å². The second kappa shape index (κ2) is 4.19. The molecular formula is C11H17N5O. The van der Waals surface area contributed by atoms with E-state index >= 15 is 0 Å². The number of nitrogens with zero attached hydrogens (tertiary/aromatic N) is 2. The summed E-state index contributed by atoms with van der Waals surface area (Å²) in [7, 11) is 0. The van der Waals surface area contributed by atoms with Crippen molar-refractivity contribution < 1.29 is 0 Å². The van der Waals surface area contributed by atoms with Crippen LogP contribution in [0.5, 0.6) is 0 Å². The van der Waals surface area contributed by atoms with Gasteiger partial charge in [0.15, 0.2) is 0 Å². The molecule has 2 fully saturated rings. The summed E-state index contributed by atoms with van der Waals surface area (Å²) in [5.74, 6) is 1.69. The van der Waals surface area contributed by atoms with Gasteiger partial charge in [-0.15, -0.1) is 5.10 Å². The van der Waals surface area contributed by atoms with Gasteiger partial charge in [0, 0.05) is 18.0 Å². The highest BCUT2D eigenvalue weighted by atomic mass is 16.1. The minimum atomic E-state index is -0.159. The van der Waals surface area contributed by atoms with Crippen molar-refractivity contribution in [2.45, 2.75) is 44.2 Å². The standard InChI is InChI=1S/C11H17N5O/c1-6-8-4-7(2-3-9(8)15-14-6)11-13-10(17)5-12-16-11/h5-9,14-15H,2-4H2,1H3,(H,13,16,17). The Labute approximate surface area is 99.2 Å². The van der Waals surface area contributed by atoms with Gasteiger partial charge < -0.3 is 4.98 Å². The molecule has 0 aromatic carbocycles. The smallest absolute Gasteiger partial charge is 0.269 e. The van der Waals surface area contributed by atoms with Crippen molar-refractivity contribution in [2.75, 3.05) is 0 Å². The molecule has 2 aliphatic rings. The molecule has 1 aromatic heterocycles. The number of H-pyrrole nitrogens is 1. The van der Waals surface area contributed by atoms with Crippen molar-refractivity contribution in [2.24, 2.45) is 5.92 Å². The highest BCUT2D eigenvalue weighted by Gasteiger charge is 2.39. The third-order valence-corrected chi connectivity index (χ3v) is 4.02. The van der Waals surface area contributed by atoms with Crippen LogP contribution in [0.1, 0.15) is 37.9 Å². The molecule has 6 nitrogen and oxygen atoms in total. The molecule has 0 bridgehead atoms. The zero-order valence-corrected chi connectivity index (χ0v) is 9.81. The van der Waals surface area contributed by atoms with Crippen LogP contribution in [0, 0.1) is 5.92 Å². The van der Waals surface area contributed by atoms with E-state index < -0.39 is 0 Å². The van der Waals surface area contributed by atoms with Crippen molar-refractivity contribution in [3.05, 3.63) is 22.4 Å². The SMILES string of the molecule is CC1NNC2CCC(c3nncc(=O)[nH]3)CC12. The van der Waals surface area contributed by atoms with Crippen LogP contribution in [0.3, 0.4) is 0 Å². The Morgan fingerprint density at radius 1 is 1.35 bits per heavy atom. The van der Waals surface area contributed by atoms with Crippen molar-refractivity contribution >= 4 is 0 Å². The number of hydrogen-bond acceptors (Lipinski definition) is 5. The zero-order valence-electron chi connectivity index (χ0n) is 9.81. The molecule has 1 aliphatic carbocycles. The van der Waals surface area contributed by atoms with Gasteiger partial charge in [-0.2, -0.15) is 5.10 Å². The lowest BCUT2D eigenvalue weighted by Crippen LogP contribution is -2.35. The second-order valence-electron chi connectivity index (χ2n) is 5.08. The first-order chi connectivity index (χ1) is 8.24. The summed E-state index contributed by atoms with van der Waals surface area (Å²) < 4.78 is 0. The van der Waals surface area contributed by atoms with Gasteiger partial charge in [0.1, 0.15) is 12.0 Å². The van der Waals surface area contributed by atoms with E-state index in [4.69, 9.17) is 0 Å². The lowest BCUT2D eigenvalue weighted by Gasteiger charge is -2.31. The first-order valence-electron chi connectivity index (χ1n) is 6.17. The molecule has 1 aromatic rings. The first kappa shape index (κ1) is 10.9. The number of fused-ring (bicyclic) bond motifs is 1. The molecule has 1 saturated carbocycles. The maximum Gasteiger partial charge on any atom is 0.269 e. The van der Waals surface area contributed by atoms with E-state index in [0.717, 1.165) is 25.1 Å². The molecule has 1 aliphatic heterocycles. The van der Waals surface area contributed by atoms with Gasteiger partial charge in [-0.25, -0.2) is 0 Å². The molecule has 3 N–H and O–H groups in total. The maximum absolute atomic E-state index is 11.2. The van der Waals surface area contributed by atoms with Crippen LogP contribution in [-0.2, 0) is 0 Å². The Morgan fingerprint density at radius 2 is 2.24 bits per heavy atom. The summed E-state index contributed by atoms with van der Waals surface area (Å²) in [5.41, 5.74) is 6.46. The van der Waals surface area contributed by atoms with Crippen LogP contribution >= 0.6 is 0 Å². The third kappa shape index (κ3) is 1.98. The third-order valence-electron chi connectivity index (χ3n) is 4.02. The zero-order chi connectivity index (χ0) is 11.8. The molecule has 0 radical (unpaired) electrons. The van der Waals surface area contributed by atoms with E-state index in [1.807, 2.05) is 0 Å². The van der Waals surface area contributed by atoms with Crippen LogP contribution in [0.4, 0.5) is 0 Å². The quantitative estimate of drug-likeness (QED) is 0.634. The number of hydrazine groups is 1. The monoisotopic (exact) mass is 235 g/mol. The Kier molecular flexibility index (Phi) is 2.68. The van der Waals surface area contributed by atoms with Gasteiger partial charge in [-0.05, 0) is 32.1 Å². The van der Waals surface area contributed by atoms with Crippen molar-refractivity contribution in [3.63, 3.8) is 0 Å². The molecule has 0 amide bonds. The predicted octanol–water partition coefficient (Wildman–Crippen LogP) is -0.0865. The summed E-state index contributed by atoms with van der Waals surface area (Å²) in [6.07, 6.45) is 4.44. The average Bonchev–Trinajstić information content (AvgIpc) is 2.71. The minimum absolute atomic E-state index is 0.159. The van der Waals surface area contributed by atoms with E-state index in [1.165, 1.54) is 6.20 Å².